The lowest BCUT2D eigenvalue weighted by molar-refractivity contribution is -0.129. The molecule has 0 radical (unpaired) electrons. The summed E-state index contributed by atoms with van der Waals surface area (Å²) in [5.41, 5.74) is 2.49. The minimum Gasteiger partial charge on any atom is -0.314 e. The van der Waals surface area contributed by atoms with Crippen molar-refractivity contribution in [1.82, 2.24) is 25.3 Å². The molecule has 1 N–H and O–H groups in total. The molecule has 1 unspecified atom stereocenters. The molecule has 3 rings (SSSR count). The van der Waals surface area contributed by atoms with E-state index >= 15 is 0 Å². The van der Waals surface area contributed by atoms with Gasteiger partial charge in [0.25, 0.3) is 11.8 Å². The highest BCUT2D eigenvalue weighted by Gasteiger charge is 2.41. The van der Waals surface area contributed by atoms with Crippen molar-refractivity contribution in [2.75, 3.05) is 7.05 Å². The van der Waals surface area contributed by atoms with E-state index in [1.165, 1.54) is 24.2 Å². The van der Waals surface area contributed by atoms with Gasteiger partial charge in [0.2, 0.25) is 0 Å². The van der Waals surface area contributed by atoms with E-state index in [1.54, 1.807) is 6.92 Å². The van der Waals surface area contributed by atoms with Gasteiger partial charge >= 0.3 is 6.03 Å². The third-order valence-corrected chi connectivity index (χ3v) is 4.49. The Bertz CT molecular complexity index is 636. The van der Waals surface area contributed by atoms with E-state index in [0.29, 0.717) is 5.82 Å². The molecule has 8 nitrogen and oxygen atoms in total. The fourth-order valence-electron chi connectivity index (χ4n) is 2.91. The van der Waals surface area contributed by atoms with Gasteiger partial charge in [-0.15, -0.1) is 0 Å². The summed E-state index contributed by atoms with van der Waals surface area (Å²) in [4.78, 5) is 46.1. The summed E-state index contributed by atoms with van der Waals surface area (Å²) in [6.07, 6.45) is 5.88. The van der Waals surface area contributed by atoms with Crippen molar-refractivity contribution in [2.45, 2.75) is 44.6 Å². The van der Waals surface area contributed by atoms with Gasteiger partial charge in [0.1, 0.15) is 17.6 Å². The molecule has 1 aromatic heterocycles. The highest BCUT2D eigenvalue weighted by molar-refractivity contribution is 6.06. The summed E-state index contributed by atoms with van der Waals surface area (Å²) in [5, 5.41) is 0.740. The maximum absolute atomic E-state index is 12.3. The number of carbonyl (C=O) groups excluding carboxylic acids is 3. The molecule has 1 saturated carbocycles. The molecule has 1 saturated heterocycles. The molecule has 1 atom stereocenters. The molecule has 2 heterocycles. The van der Waals surface area contributed by atoms with Crippen LogP contribution in [0.2, 0.25) is 0 Å². The van der Waals surface area contributed by atoms with Crippen molar-refractivity contribution < 1.29 is 14.4 Å². The number of urea groups is 1. The number of amides is 4. The number of hydrogen-bond donors (Lipinski definition) is 1. The maximum Gasteiger partial charge on any atom is 0.346 e. The van der Waals surface area contributed by atoms with Crippen LogP contribution in [-0.2, 0) is 4.79 Å². The average Bonchev–Trinajstić information content (AvgIpc) is 3.16. The van der Waals surface area contributed by atoms with E-state index in [9.17, 15) is 14.4 Å². The van der Waals surface area contributed by atoms with Gasteiger partial charge in [-0.2, -0.15) is 5.01 Å². The first-order valence-electron chi connectivity index (χ1n) is 7.73. The van der Waals surface area contributed by atoms with Crippen LogP contribution in [0.4, 0.5) is 4.79 Å². The first kappa shape index (κ1) is 15.4. The Hall–Kier alpha value is -2.51. The molecular weight excluding hydrogens is 298 g/mol. The summed E-state index contributed by atoms with van der Waals surface area (Å²) in [6, 6.07) is 0.328. The monoisotopic (exact) mass is 317 g/mol. The Labute approximate surface area is 133 Å². The maximum atomic E-state index is 12.3. The van der Waals surface area contributed by atoms with E-state index < -0.39 is 23.9 Å². The molecule has 2 aliphatic rings. The molecule has 4 amide bonds. The van der Waals surface area contributed by atoms with E-state index in [0.717, 1.165) is 30.7 Å². The number of nitrogens with zero attached hydrogens (tertiary/aromatic N) is 4. The minimum atomic E-state index is -0.595. The third kappa shape index (κ3) is 2.76. The van der Waals surface area contributed by atoms with Crippen molar-refractivity contribution in [1.29, 1.82) is 0 Å². The van der Waals surface area contributed by atoms with Gasteiger partial charge in [-0.25, -0.2) is 14.8 Å². The summed E-state index contributed by atoms with van der Waals surface area (Å²) in [5.74, 6) is -0.115. The fraction of sp³-hybridized carbons (Fsp3) is 0.533. The lowest BCUT2D eigenvalue weighted by Crippen LogP contribution is -2.47. The largest absolute Gasteiger partial charge is 0.346 e. The van der Waals surface area contributed by atoms with Crippen LogP contribution in [0.1, 0.15) is 54.8 Å². The first-order chi connectivity index (χ1) is 11.0. The number of likely N-dealkylation sites (N-methyl/N-ethyl adjacent to an activating group) is 1. The van der Waals surface area contributed by atoms with E-state index in [2.05, 4.69) is 15.4 Å². The fourth-order valence-corrected chi connectivity index (χ4v) is 2.91. The molecule has 122 valence electrons. The topological polar surface area (TPSA) is 95.5 Å². The van der Waals surface area contributed by atoms with Crippen LogP contribution in [0.15, 0.2) is 12.3 Å². The quantitative estimate of drug-likeness (QED) is 0.841. The predicted octanol–water partition coefficient (Wildman–Crippen LogP) is 1.06. The van der Waals surface area contributed by atoms with Gasteiger partial charge in [0.15, 0.2) is 0 Å². The Morgan fingerprint density at radius 3 is 2.61 bits per heavy atom. The molecule has 1 aliphatic carbocycles. The molecule has 0 spiro atoms. The Kier molecular flexibility index (Phi) is 3.97. The molecule has 1 aromatic rings. The summed E-state index contributed by atoms with van der Waals surface area (Å²) >= 11 is 0. The highest BCUT2D eigenvalue weighted by Crippen LogP contribution is 2.31. The SMILES string of the molecule is CC1C(=O)N(NC(=O)c2ccnc(C3CCCC3)n2)C(=O)N1C. The predicted molar refractivity (Wildman–Crippen MR) is 80.2 cm³/mol. The van der Waals surface area contributed by atoms with E-state index in [1.807, 2.05) is 0 Å². The molecule has 0 bridgehead atoms. The second-order valence-electron chi connectivity index (χ2n) is 5.97. The summed E-state index contributed by atoms with van der Waals surface area (Å²) in [7, 11) is 1.51. The zero-order chi connectivity index (χ0) is 16.6. The molecular formula is C15H19N5O3. The molecule has 23 heavy (non-hydrogen) atoms. The number of nitrogens with one attached hydrogen (secondary N) is 1. The lowest BCUT2D eigenvalue weighted by Gasteiger charge is -2.15. The second-order valence-corrected chi connectivity index (χ2v) is 5.97. The van der Waals surface area contributed by atoms with Crippen LogP contribution in [0.25, 0.3) is 0 Å². The molecule has 1 aliphatic heterocycles. The number of imide groups is 1. The number of carbonyl (C=O) groups is 3. The number of aromatic nitrogens is 2. The van der Waals surface area contributed by atoms with Crippen LogP contribution in [0.3, 0.4) is 0 Å². The van der Waals surface area contributed by atoms with Crippen molar-refractivity contribution in [3.8, 4) is 0 Å². The molecule has 8 heteroatoms. The van der Waals surface area contributed by atoms with Crippen LogP contribution in [-0.4, -0.2) is 50.8 Å². The van der Waals surface area contributed by atoms with Crippen LogP contribution >= 0.6 is 0 Å². The van der Waals surface area contributed by atoms with Crippen LogP contribution in [0.5, 0.6) is 0 Å². The number of hydrogen-bond acceptors (Lipinski definition) is 5. The zero-order valence-electron chi connectivity index (χ0n) is 13.2. The normalized spacial score (nSPS) is 22.1. The van der Waals surface area contributed by atoms with Crippen molar-refractivity contribution >= 4 is 17.8 Å². The van der Waals surface area contributed by atoms with Gasteiger partial charge in [0.05, 0.1) is 0 Å². The number of rotatable bonds is 3. The number of hydrazine groups is 1. The second kappa shape index (κ2) is 5.94. The van der Waals surface area contributed by atoms with Gasteiger partial charge in [0, 0.05) is 19.2 Å². The van der Waals surface area contributed by atoms with Gasteiger partial charge in [-0.05, 0) is 25.8 Å². The Morgan fingerprint density at radius 1 is 1.30 bits per heavy atom. The third-order valence-electron chi connectivity index (χ3n) is 4.49. The van der Waals surface area contributed by atoms with Gasteiger partial charge in [-0.1, -0.05) is 12.8 Å². The summed E-state index contributed by atoms with van der Waals surface area (Å²) < 4.78 is 0. The Balaban J connectivity index is 1.75. The van der Waals surface area contributed by atoms with Crippen molar-refractivity contribution in [3.05, 3.63) is 23.8 Å². The average molecular weight is 317 g/mol. The van der Waals surface area contributed by atoms with Crippen molar-refractivity contribution in [3.63, 3.8) is 0 Å². The lowest BCUT2D eigenvalue weighted by atomic mass is 10.1. The molecule has 2 fully saturated rings. The van der Waals surface area contributed by atoms with Gasteiger partial charge < -0.3 is 4.90 Å². The van der Waals surface area contributed by atoms with Crippen molar-refractivity contribution in [2.24, 2.45) is 0 Å². The standard InChI is InChI=1S/C15H19N5O3/c1-9-14(22)20(15(23)19(9)2)18-13(21)11-7-8-16-12(17-11)10-5-3-4-6-10/h7-10H,3-6H2,1-2H3,(H,18,21). The van der Waals surface area contributed by atoms with Crippen LogP contribution < -0.4 is 5.43 Å². The van der Waals surface area contributed by atoms with Crippen LogP contribution in [0, 0.1) is 0 Å². The highest BCUT2D eigenvalue weighted by atomic mass is 16.2. The zero-order valence-corrected chi connectivity index (χ0v) is 13.2. The minimum absolute atomic E-state index is 0.157. The first-order valence-corrected chi connectivity index (χ1v) is 7.73. The Morgan fingerprint density at radius 2 is 2.00 bits per heavy atom. The van der Waals surface area contributed by atoms with Gasteiger partial charge in [-0.3, -0.25) is 15.0 Å². The summed E-state index contributed by atoms with van der Waals surface area (Å²) in [6.45, 7) is 1.61. The van der Waals surface area contributed by atoms with E-state index in [-0.39, 0.29) is 11.6 Å². The van der Waals surface area contributed by atoms with E-state index in [4.69, 9.17) is 0 Å². The smallest absolute Gasteiger partial charge is 0.314 e. The molecule has 0 aromatic carbocycles.